The lowest BCUT2D eigenvalue weighted by atomic mass is 10.2. The van der Waals surface area contributed by atoms with Crippen LogP contribution in [0.1, 0.15) is 19.4 Å². The fourth-order valence-electron chi connectivity index (χ4n) is 1.04. The van der Waals surface area contributed by atoms with E-state index < -0.39 is 0 Å². The zero-order chi connectivity index (χ0) is 12.4. The van der Waals surface area contributed by atoms with E-state index in [4.69, 9.17) is 15.9 Å². The molecular formula is C10H12N6. The summed E-state index contributed by atoms with van der Waals surface area (Å²) in [5.41, 5.74) is 0. The number of hydrogen-bond acceptors (Lipinski definition) is 3. The van der Waals surface area contributed by atoms with Crippen LogP contribution in [0.2, 0.25) is 0 Å². The van der Waals surface area contributed by atoms with Crippen molar-refractivity contribution < 1.29 is 4.57 Å². The minimum Gasteiger partial charge on any atom is -0.422 e. The first-order chi connectivity index (χ1) is 7.69. The Labute approximate surface area is 94.2 Å². The van der Waals surface area contributed by atoms with E-state index >= 15 is 0 Å². The van der Waals surface area contributed by atoms with Crippen LogP contribution in [0.5, 0.6) is 0 Å². The van der Waals surface area contributed by atoms with E-state index in [1.54, 1.807) is 0 Å². The van der Waals surface area contributed by atoms with Gasteiger partial charge >= 0.3 is 0 Å². The zero-order valence-corrected chi connectivity index (χ0v) is 9.20. The Hall–Kier alpha value is -2.43. The van der Waals surface area contributed by atoms with Crippen molar-refractivity contribution in [3.05, 3.63) is 24.1 Å². The number of imidazole rings is 1. The molecule has 1 aromatic rings. The Balaban J connectivity index is 0.000000385. The van der Waals surface area contributed by atoms with Gasteiger partial charge in [-0.1, -0.05) is 6.92 Å². The first-order valence-electron chi connectivity index (χ1n) is 4.59. The lowest BCUT2D eigenvalue weighted by molar-refractivity contribution is -0.671. The van der Waals surface area contributed by atoms with Crippen LogP contribution >= 0.6 is 0 Å². The Kier molecular flexibility index (Phi) is 6.72. The summed E-state index contributed by atoms with van der Waals surface area (Å²) in [6, 6.07) is 3.49. The predicted octanol–water partition coefficient (Wildman–Crippen LogP) is 0.998. The summed E-state index contributed by atoms with van der Waals surface area (Å²) in [5, 5.41) is 23.6. The Morgan fingerprint density at radius 3 is 2.50 bits per heavy atom. The molecule has 0 N–H and O–H groups in total. The van der Waals surface area contributed by atoms with Gasteiger partial charge in [-0.25, -0.2) is 9.13 Å². The molecule has 82 valence electrons. The third-order valence-electron chi connectivity index (χ3n) is 1.79. The quantitative estimate of drug-likeness (QED) is 0.419. The first kappa shape index (κ1) is 13.6. The minimum absolute atomic E-state index is 0.0174. The molecule has 16 heavy (non-hydrogen) atoms. The van der Waals surface area contributed by atoms with Gasteiger partial charge in [-0.15, -0.1) is 6.01 Å². The summed E-state index contributed by atoms with van der Waals surface area (Å²) in [5.74, 6) is 0. The summed E-state index contributed by atoms with van der Waals surface area (Å²) in [7, 11) is 1.95. The largest absolute Gasteiger partial charge is 0.422 e. The van der Waals surface area contributed by atoms with Crippen LogP contribution in [0.25, 0.3) is 5.41 Å². The van der Waals surface area contributed by atoms with Gasteiger partial charge in [-0.05, 0) is 6.42 Å². The third-order valence-corrected chi connectivity index (χ3v) is 1.79. The standard InChI is InChI=1S/C8H12N3.C2N3/c1-3-8(6-9)11-5-4-10(2)7-11;3-1-5-2-4/h4-5,7-8H,3H2,1-2H3;/q+1;-1. The highest BCUT2D eigenvalue weighted by Gasteiger charge is 2.11. The van der Waals surface area contributed by atoms with Gasteiger partial charge in [0.25, 0.3) is 0 Å². The molecule has 1 heterocycles. The number of rotatable bonds is 2. The minimum atomic E-state index is -0.0174. The molecule has 6 nitrogen and oxygen atoms in total. The van der Waals surface area contributed by atoms with Crippen LogP contribution in [-0.2, 0) is 7.05 Å². The van der Waals surface area contributed by atoms with Crippen LogP contribution < -0.4 is 4.57 Å². The van der Waals surface area contributed by atoms with Crippen LogP contribution in [-0.4, -0.2) is 10.6 Å². The summed E-state index contributed by atoms with van der Waals surface area (Å²) < 4.78 is 3.85. The number of hydrogen-bond donors (Lipinski definition) is 0. The molecule has 0 aliphatic carbocycles. The van der Waals surface area contributed by atoms with Gasteiger partial charge in [-0.3, -0.25) is 0 Å². The van der Waals surface area contributed by atoms with Gasteiger partial charge in [0.2, 0.25) is 6.33 Å². The van der Waals surface area contributed by atoms with Crippen molar-refractivity contribution in [2.45, 2.75) is 19.4 Å². The highest BCUT2D eigenvalue weighted by atomic mass is 15.1. The lowest BCUT2D eigenvalue weighted by Gasteiger charge is -1.98. The van der Waals surface area contributed by atoms with E-state index in [1.165, 1.54) is 12.2 Å². The molecular weight excluding hydrogens is 204 g/mol. The Morgan fingerprint density at radius 1 is 1.56 bits per heavy atom. The van der Waals surface area contributed by atoms with Crippen molar-refractivity contribution in [1.82, 2.24) is 4.57 Å². The molecule has 0 aliphatic rings. The van der Waals surface area contributed by atoms with E-state index in [0.717, 1.165) is 6.42 Å². The van der Waals surface area contributed by atoms with E-state index in [-0.39, 0.29) is 6.04 Å². The molecule has 0 amide bonds. The molecule has 0 fully saturated rings. The predicted molar refractivity (Wildman–Crippen MR) is 57.0 cm³/mol. The van der Waals surface area contributed by atoms with Gasteiger partial charge < -0.3 is 10.4 Å². The van der Waals surface area contributed by atoms with E-state index in [9.17, 15) is 0 Å². The molecule has 0 saturated carbocycles. The molecule has 0 radical (unpaired) electrons. The van der Waals surface area contributed by atoms with Crippen LogP contribution in [0.4, 0.5) is 0 Å². The van der Waals surface area contributed by atoms with E-state index in [0.29, 0.717) is 0 Å². The topological polar surface area (TPSA) is 91.0 Å². The molecule has 0 aliphatic heterocycles. The SMILES string of the molecule is CCC(C#N)n1cc[n+](C)c1.N#CN=C=[N-]. The Morgan fingerprint density at radius 2 is 2.25 bits per heavy atom. The van der Waals surface area contributed by atoms with Crippen molar-refractivity contribution in [1.29, 1.82) is 10.5 Å². The number of aromatic nitrogens is 2. The molecule has 1 aromatic heterocycles. The second-order valence-electron chi connectivity index (χ2n) is 2.89. The van der Waals surface area contributed by atoms with Crippen molar-refractivity contribution in [2.24, 2.45) is 12.0 Å². The highest BCUT2D eigenvalue weighted by molar-refractivity contribution is 5.46. The molecule has 1 unspecified atom stereocenters. The van der Waals surface area contributed by atoms with Crippen molar-refractivity contribution in [2.75, 3.05) is 0 Å². The fraction of sp³-hybridized carbons (Fsp3) is 0.400. The van der Waals surface area contributed by atoms with Gasteiger partial charge in [-0.2, -0.15) is 10.5 Å². The monoisotopic (exact) mass is 216 g/mol. The molecule has 1 atom stereocenters. The molecule has 0 saturated heterocycles. The highest BCUT2D eigenvalue weighted by Crippen LogP contribution is 2.06. The van der Waals surface area contributed by atoms with E-state index in [2.05, 4.69) is 11.1 Å². The maximum absolute atomic E-state index is 8.71. The summed E-state index contributed by atoms with van der Waals surface area (Å²) in [6.45, 7) is 2.01. The average molecular weight is 216 g/mol. The maximum Gasteiger partial charge on any atom is 0.244 e. The smallest absolute Gasteiger partial charge is 0.244 e. The van der Waals surface area contributed by atoms with Gasteiger partial charge in [0.1, 0.15) is 18.5 Å². The summed E-state index contributed by atoms with van der Waals surface area (Å²) in [6.07, 6.45) is 7.89. The van der Waals surface area contributed by atoms with E-state index in [1.807, 2.05) is 41.8 Å². The second kappa shape index (κ2) is 7.93. The number of nitriles is 2. The second-order valence-corrected chi connectivity index (χ2v) is 2.89. The molecule has 0 spiro atoms. The van der Waals surface area contributed by atoms with Crippen molar-refractivity contribution >= 4 is 6.01 Å². The van der Waals surface area contributed by atoms with Gasteiger partial charge in [0.15, 0.2) is 6.04 Å². The van der Waals surface area contributed by atoms with Crippen molar-refractivity contribution in [3.8, 4) is 12.3 Å². The molecule has 0 bridgehead atoms. The molecule has 1 rings (SSSR count). The molecule has 0 aromatic carbocycles. The maximum atomic E-state index is 8.71. The number of nitrogens with zero attached hydrogens (tertiary/aromatic N) is 6. The van der Waals surface area contributed by atoms with Crippen LogP contribution in [0.3, 0.4) is 0 Å². The summed E-state index contributed by atoms with van der Waals surface area (Å²) in [4.78, 5) is 2.58. The van der Waals surface area contributed by atoms with Crippen LogP contribution in [0.15, 0.2) is 23.7 Å². The normalized spacial score (nSPS) is 9.75. The lowest BCUT2D eigenvalue weighted by Crippen LogP contribution is -2.24. The fourth-order valence-corrected chi connectivity index (χ4v) is 1.04. The Bertz CT molecular complexity index is 441. The zero-order valence-electron chi connectivity index (χ0n) is 9.20. The first-order valence-corrected chi connectivity index (χ1v) is 4.59. The third kappa shape index (κ3) is 4.71. The van der Waals surface area contributed by atoms with Crippen molar-refractivity contribution in [3.63, 3.8) is 0 Å². The molecule has 6 heteroatoms. The number of aryl methyl sites for hydroxylation is 1. The summed E-state index contributed by atoms with van der Waals surface area (Å²) >= 11 is 0. The average Bonchev–Trinajstić information content (AvgIpc) is 2.69. The van der Waals surface area contributed by atoms with Gasteiger partial charge in [0.05, 0.1) is 13.2 Å². The van der Waals surface area contributed by atoms with Crippen LogP contribution in [0, 0.1) is 22.8 Å². The van der Waals surface area contributed by atoms with Gasteiger partial charge in [0, 0.05) is 0 Å². The number of aliphatic imine (C=N–C) groups is 1.